The summed E-state index contributed by atoms with van der Waals surface area (Å²) in [6.07, 6.45) is 0.608. The van der Waals surface area contributed by atoms with Gasteiger partial charge in [-0.05, 0) is 44.4 Å². The SMILES string of the molecule is Cc1nc(N[C@H]2C[C@H](OCc3cc(F)c(F)c(F)c3)C2)nc2c1NC(O)[C@H](C)N2C. The van der Waals surface area contributed by atoms with Crippen LogP contribution >= 0.6 is 0 Å². The Balaban J connectivity index is 1.33. The standard InChI is InChI=1S/C20H24F3N5O2/c1-9-17-18(28(3)10(2)19(29)26-17)27-20(24-9)25-12-6-13(7-12)30-8-11-4-14(21)16(23)15(22)5-11/h4-5,10,12-13,19,26,29H,6-8H2,1-3H3,(H,24,25,27)/t10-,12-,13-,19?/m0/s1. The molecular formula is C20H24F3N5O2. The van der Waals surface area contributed by atoms with Gasteiger partial charge in [0.2, 0.25) is 5.95 Å². The number of halogens is 3. The fraction of sp³-hybridized carbons (Fsp3) is 0.500. The van der Waals surface area contributed by atoms with Crippen LogP contribution in [0, 0.1) is 24.4 Å². The number of ether oxygens (including phenoxy) is 1. The van der Waals surface area contributed by atoms with Crippen LogP contribution in [0.5, 0.6) is 0 Å². The summed E-state index contributed by atoms with van der Waals surface area (Å²) in [4.78, 5) is 11.0. The van der Waals surface area contributed by atoms with Crippen molar-refractivity contribution in [3.8, 4) is 0 Å². The van der Waals surface area contributed by atoms with E-state index >= 15 is 0 Å². The van der Waals surface area contributed by atoms with Crippen LogP contribution in [-0.4, -0.2) is 46.5 Å². The van der Waals surface area contributed by atoms with Crippen molar-refractivity contribution >= 4 is 17.5 Å². The zero-order valence-electron chi connectivity index (χ0n) is 16.9. The van der Waals surface area contributed by atoms with Gasteiger partial charge in [0.1, 0.15) is 11.9 Å². The molecular weight excluding hydrogens is 399 g/mol. The second-order valence-corrected chi connectivity index (χ2v) is 7.89. The first-order valence-corrected chi connectivity index (χ1v) is 9.80. The molecule has 0 bridgehead atoms. The van der Waals surface area contributed by atoms with Gasteiger partial charge in [0.25, 0.3) is 0 Å². The van der Waals surface area contributed by atoms with Gasteiger partial charge >= 0.3 is 0 Å². The molecule has 3 N–H and O–H groups in total. The van der Waals surface area contributed by atoms with E-state index in [0.29, 0.717) is 24.5 Å². The number of rotatable bonds is 5. The molecule has 1 aromatic carbocycles. The molecule has 0 radical (unpaired) electrons. The lowest BCUT2D eigenvalue weighted by Gasteiger charge is -2.39. The molecule has 1 fully saturated rings. The van der Waals surface area contributed by atoms with Gasteiger partial charge in [-0.1, -0.05) is 0 Å². The topological polar surface area (TPSA) is 82.5 Å². The molecule has 162 valence electrons. The van der Waals surface area contributed by atoms with E-state index in [0.717, 1.165) is 23.6 Å². The summed E-state index contributed by atoms with van der Waals surface area (Å²) in [5.74, 6) is -2.70. The Kier molecular flexibility index (Phi) is 5.46. The average Bonchev–Trinajstić information content (AvgIpc) is 2.67. The fourth-order valence-electron chi connectivity index (χ4n) is 3.63. The molecule has 1 saturated carbocycles. The van der Waals surface area contributed by atoms with E-state index < -0.39 is 23.7 Å². The zero-order valence-corrected chi connectivity index (χ0v) is 16.9. The van der Waals surface area contributed by atoms with E-state index in [1.54, 1.807) is 0 Å². The van der Waals surface area contributed by atoms with Gasteiger partial charge in [0, 0.05) is 13.1 Å². The quantitative estimate of drug-likeness (QED) is 0.638. The van der Waals surface area contributed by atoms with Crippen LogP contribution in [0.15, 0.2) is 12.1 Å². The maximum absolute atomic E-state index is 13.3. The minimum atomic E-state index is -1.48. The van der Waals surface area contributed by atoms with Crippen molar-refractivity contribution in [1.82, 2.24) is 9.97 Å². The summed E-state index contributed by atoms with van der Waals surface area (Å²) < 4.78 is 45.2. The molecule has 0 spiro atoms. The first-order chi connectivity index (χ1) is 14.2. The Labute approximate surface area is 172 Å². The van der Waals surface area contributed by atoms with Crippen LogP contribution in [-0.2, 0) is 11.3 Å². The number of hydrogen-bond donors (Lipinski definition) is 3. The Hall–Kier alpha value is -2.59. The number of nitrogens with zero attached hydrogens (tertiary/aromatic N) is 3. The number of aliphatic hydroxyl groups excluding tert-OH is 1. The van der Waals surface area contributed by atoms with E-state index in [9.17, 15) is 18.3 Å². The maximum atomic E-state index is 13.3. The van der Waals surface area contributed by atoms with E-state index in [1.807, 2.05) is 25.8 Å². The highest BCUT2D eigenvalue weighted by Gasteiger charge is 2.33. The molecule has 2 aliphatic rings. The van der Waals surface area contributed by atoms with Gasteiger partial charge < -0.3 is 25.4 Å². The van der Waals surface area contributed by atoms with Crippen LogP contribution < -0.4 is 15.5 Å². The Morgan fingerprint density at radius 1 is 1.23 bits per heavy atom. The molecule has 1 aliphatic heterocycles. The Morgan fingerprint density at radius 3 is 2.57 bits per heavy atom. The Bertz CT molecular complexity index is 931. The van der Waals surface area contributed by atoms with Crippen molar-refractivity contribution in [2.75, 3.05) is 22.6 Å². The second-order valence-electron chi connectivity index (χ2n) is 7.89. The van der Waals surface area contributed by atoms with Crippen LogP contribution in [0.25, 0.3) is 0 Å². The van der Waals surface area contributed by atoms with Crippen molar-refractivity contribution in [3.05, 3.63) is 40.8 Å². The predicted molar refractivity (Wildman–Crippen MR) is 106 cm³/mol. The number of aryl methyl sites for hydroxylation is 1. The summed E-state index contributed by atoms with van der Waals surface area (Å²) in [6, 6.07) is 1.86. The highest BCUT2D eigenvalue weighted by atomic mass is 19.2. The maximum Gasteiger partial charge on any atom is 0.225 e. The number of anilines is 3. The lowest BCUT2D eigenvalue weighted by Crippen LogP contribution is -2.48. The normalized spacial score (nSPS) is 25.4. The molecule has 2 aromatic rings. The zero-order chi connectivity index (χ0) is 21.6. The summed E-state index contributed by atoms with van der Waals surface area (Å²) in [5.41, 5.74) is 1.69. The molecule has 0 saturated heterocycles. The highest BCUT2D eigenvalue weighted by Crippen LogP contribution is 2.34. The smallest absolute Gasteiger partial charge is 0.225 e. The number of fused-ring (bicyclic) bond motifs is 1. The number of aromatic nitrogens is 2. The van der Waals surface area contributed by atoms with Crippen molar-refractivity contribution in [3.63, 3.8) is 0 Å². The molecule has 30 heavy (non-hydrogen) atoms. The number of likely N-dealkylation sites (N-methyl/N-ethyl adjacent to an activating group) is 1. The van der Waals surface area contributed by atoms with E-state index in [1.165, 1.54) is 0 Å². The first kappa shape index (κ1) is 20.7. The summed E-state index contributed by atoms with van der Waals surface area (Å²) in [5, 5.41) is 16.4. The minimum Gasteiger partial charge on any atom is -0.373 e. The third-order valence-corrected chi connectivity index (χ3v) is 5.72. The van der Waals surface area contributed by atoms with E-state index in [4.69, 9.17) is 4.74 Å². The fourth-order valence-corrected chi connectivity index (χ4v) is 3.63. The van der Waals surface area contributed by atoms with Crippen molar-refractivity contribution in [2.24, 2.45) is 0 Å². The third kappa shape index (κ3) is 3.89. The molecule has 1 unspecified atom stereocenters. The summed E-state index contributed by atoms with van der Waals surface area (Å²) in [7, 11) is 1.87. The minimum absolute atomic E-state index is 0.0106. The summed E-state index contributed by atoms with van der Waals surface area (Å²) >= 11 is 0. The van der Waals surface area contributed by atoms with Gasteiger partial charge in [-0.3, -0.25) is 0 Å². The molecule has 7 nitrogen and oxygen atoms in total. The van der Waals surface area contributed by atoms with Crippen molar-refractivity contribution in [2.45, 2.75) is 57.7 Å². The van der Waals surface area contributed by atoms with Crippen LogP contribution in [0.3, 0.4) is 0 Å². The second kappa shape index (κ2) is 7.92. The Morgan fingerprint density at radius 2 is 1.90 bits per heavy atom. The van der Waals surface area contributed by atoms with Crippen LogP contribution in [0.1, 0.15) is 31.0 Å². The number of aliphatic hydroxyl groups is 1. The van der Waals surface area contributed by atoms with Gasteiger partial charge in [-0.25, -0.2) is 18.2 Å². The van der Waals surface area contributed by atoms with Gasteiger partial charge in [0.05, 0.1) is 24.4 Å². The predicted octanol–water partition coefficient (Wildman–Crippen LogP) is 2.93. The van der Waals surface area contributed by atoms with Crippen molar-refractivity contribution < 1.29 is 23.0 Å². The third-order valence-electron chi connectivity index (χ3n) is 5.72. The monoisotopic (exact) mass is 423 g/mol. The molecule has 0 amide bonds. The van der Waals surface area contributed by atoms with E-state index in [2.05, 4.69) is 20.6 Å². The highest BCUT2D eigenvalue weighted by molar-refractivity contribution is 5.72. The largest absolute Gasteiger partial charge is 0.373 e. The number of nitrogens with one attached hydrogen (secondary N) is 2. The molecule has 2 atom stereocenters. The molecule has 1 aromatic heterocycles. The molecule has 1 aliphatic carbocycles. The van der Waals surface area contributed by atoms with Crippen LogP contribution in [0.4, 0.5) is 30.6 Å². The van der Waals surface area contributed by atoms with E-state index in [-0.39, 0.29) is 30.4 Å². The van der Waals surface area contributed by atoms with Gasteiger partial charge in [-0.15, -0.1) is 0 Å². The average molecular weight is 423 g/mol. The summed E-state index contributed by atoms with van der Waals surface area (Å²) in [6.45, 7) is 3.76. The van der Waals surface area contributed by atoms with Gasteiger partial charge in [0.15, 0.2) is 23.3 Å². The lowest BCUT2D eigenvalue weighted by atomic mass is 9.89. The first-order valence-electron chi connectivity index (χ1n) is 9.80. The molecule has 4 rings (SSSR count). The molecule has 2 heterocycles. The molecule has 10 heteroatoms. The number of hydrogen-bond acceptors (Lipinski definition) is 7. The van der Waals surface area contributed by atoms with Crippen molar-refractivity contribution in [1.29, 1.82) is 0 Å². The van der Waals surface area contributed by atoms with Gasteiger partial charge in [-0.2, -0.15) is 4.98 Å². The lowest BCUT2D eigenvalue weighted by molar-refractivity contribution is -0.0153. The van der Waals surface area contributed by atoms with Crippen LogP contribution in [0.2, 0.25) is 0 Å². The number of benzene rings is 1.